The summed E-state index contributed by atoms with van der Waals surface area (Å²) in [6.45, 7) is 5.16. The Morgan fingerprint density at radius 2 is 1.67 bits per heavy atom. The Labute approximate surface area is 89.6 Å². The van der Waals surface area contributed by atoms with Crippen molar-refractivity contribution >= 4 is 11.9 Å². The first kappa shape index (κ1) is 13.4. The third kappa shape index (κ3) is 7.49. The summed E-state index contributed by atoms with van der Waals surface area (Å²) in [5, 5.41) is 0. The number of rotatable bonds is 5. The average molecular weight is 212 g/mol. The number of esters is 2. The maximum Gasteiger partial charge on any atom is 0.330 e. The van der Waals surface area contributed by atoms with Crippen molar-refractivity contribution in [1.29, 1.82) is 0 Å². The van der Waals surface area contributed by atoms with Crippen LogP contribution in [0.15, 0.2) is 24.3 Å². The van der Waals surface area contributed by atoms with Gasteiger partial charge in [-0.1, -0.05) is 12.2 Å². The van der Waals surface area contributed by atoms with E-state index in [9.17, 15) is 9.59 Å². The van der Waals surface area contributed by atoms with Gasteiger partial charge in [-0.2, -0.15) is 0 Å². The fourth-order valence-electron chi connectivity index (χ4n) is 0.791. The zero-order valence-electron chi connectivity index (χ0n) is 9.23. The van der Waals surface area contributed by atoms with Crippen molar-refractivity contribution in [2.75, 3.05) is 6.61 Å². The molecule has 0 heterocycles. The zero-order valence-corrected chi connectivity index (χ0v) is 9.23. The number of hydrogen-bond donors (Lipinski definition) is 0. The summed E-state index contributed by atoms with van der Waals surface area (Å²) in [5.74, 6) is -0.876. The Bertz CT molecular complexity index is 266. The summed E-state index contributed by atoms with van der Waals surface area (Å²) in [6.07, 6.45) is 5.34. The molecule has 15 heavy (non-hydrogen) atoms. The summed E-state index contributed by atoms with van der Waals surface area (Å²) in [7, 11) is 0. The molecule has 0 aromatic carbocycles. The Kier molecular flexibility index (Phi) is 6.97. The summed E-state index contributed by atoms with van der Waals surface area (Å²) in [4.78, 5) is 21.9. The molecule has 4 nitrogen and oxygen atoms in total. The first-order valence-electron chi connectivity index (χ1n) is 4.73. The molecule has 0 fully saturated rings. The van der Waals surface area contributed by atoms with Crippen LogP contribution in [0, 0.1) is 0 Å². The average Bonchev–Trinajstić information content (AvgIpc) is 2.15. The van der Waals surface area contributed by atoms with Crippen LogP contribution in [-0.4, -0.2) is 24.6 Å². The smallest absolute Gasteiger partial charge is 0.330 e. The predicted octanol–water partition coefficient (Wildman–Crippen LogP) is 1.61. The Hall–Kier alpha value is -1.58. The SMILES string of the molecule is CC=CC(=O)OCC(C)OC(=O)C=CC. The molecule has 0 N–H and O–H groups in total. The summed E-state index contributed by atoms with van der Waals surface area (Å²) >= 11 is 0. The van der Waals surface area contributed by atoms with Crippen molar-refractivity contribution in [3.8, 4) is 0 Å². The lowest BCUT2D eigenvalue weighted by atomic mass is 10.4. The Balaban J connectivity index is 3.79. The molecule has 4 heteroatoms. The van der Waals surface area contributed by atoms with Gasteiger partial charge >= 0.3 is 11.9 Å². The van der Waals surface area contributed by atoms with Gasteiger partial charge in [0.25, 0.3) is 0 Å². The van der Waals surface area contributed by atoms with E-state index in [4.69, 9.17) is 9.47 Å². The van der Waals surface area contributed by atoms with E-state index >= 15 is 0 Å². The zero-order chi connectivity index (χ0) is 11.7. The van der Waals surface area contributed by atoms with Crippen molar-refractivity contribution in [2.45, 2.75) is 26.9 Å². The minimum Gasteiger partial charge on any atom is -0.459 e. The van der Waals surface area contributed by atoms with E-state index in [0.29, 0.717) is 0 Å². The molecule has 0 bridgehead atoms. The standard InChI is InChI=1S/C11H16O4/c1-4-6-10(12)14-8-9(3)15-11(13)7-5-2/h4-7,9H,8H2,1-3H3. The third-order valence-electron chi connectivity index (χ3n) is 1.38. The van der Waals surface area contributed by atoms with E-state index in [1.54, 1.807) is 32.9 Å². The molecule has 0 aromatic heterocycles. The highest BCUT2D eigenvalue weighted by Gasteiger charge is 2.08. The van der Waals surface area contributed by atoms with Crippen molar-refractivity contribution in [3.05, 3.63) is 24.3 Å². The van der Waals surface area contributed by atoms with Crippen molar-refractivity contribution < 1.29 is 19.1 Å². The van der Waals surface area contributed by atoms with Crippen molar-refractivity contribution in [3.63, 3.8) is 0 Å². The summed E-state index contributed by atoms with van der Waals surface area (Å²) in [6, 6.07) is 0. The van der Waals surface area contributed by atoms with E-state index in [0.717, 1.165) is 0 Å². The molecule has 0 aliphatic carbocycles. The number of allylic oxidation sites excluding steroid dienone is 2. The lowest BCUT2D eigenvalue weighted by Crippen LogP contribution is -2.20. The summed E-state index contributed by atoms with van der Waals surface area (Å²) < 4.78 is 9.69. The second kappa shape index (κ2) is 7.79. The van der Waals surface area contributed by atoms with Gasteiger partial charge in [-0.15, -0.1) is 0 Å². The number of carbonyl (C=O) groups excluding carboxylic acids is 2. The van der Waals surface area contributed by atoms with Crippen LogP contribution in [0.4, 0.5) is 0 Å². The Morgan fingerprint density at radius 3 is 2.20 bits per heavy atom. The molecular weight excluding hydrogens is 196 g/mol. The van der Waals surface area contributed by atoms with E-state index in [-0.39, 0.29) is 6.61 Å². The van der Waals surface area contributed by atoms with Gasteiger partial charge < -0.3 is 9.47 Å². The maximum absolute atomic E-state index is 11.0. The van der Waals surface area contributed by atoms with E-state index in [2.05, 4.69) is 0 Å². The van der Waals surface area contributed by atoms with Gasteiger partial charge in [0.15, 0.2) is 0 Å². The quantitative estimate of drug-likeness (QED) is 0.513. The van der Waals surface area contributed by atoms with Crippen LogP contribution < -0.4 is 0 Å². The van der Waals surface area contributed by atoms with Crippen LogP contribution in [0.1, 0.15) is 20.8 Å². The Morgan fingerprint density at radius 1 is 1.13 bits per heavy atom. The molecule has 0 saturated carbocycles. The minimum absolute atomic E-state index is 0.0620. The molecule has 0 radical (unpaired) electrons. The van der Waals surface area contributed by atoms with Crippen molar-refractivity contribution in [2.24, 2.45) is 0 Å². The molecule has 0 amide bonds. The lowest BCUT2D eigenvalue weighted by molar-refractivity contribution is -0.151. The molecule has 0 spiro atoms. The molecule has 0 saturated heterocycles. The highest BCUT2D eigenvalue weighted by Crippen LogP contribution is 1.95. The highest BCUT2D eigenvalue weighted by molar-refractivity contribution is 5.82. The maximum atomic E-state index is 11.0. The normalized spacial score (nSPS) is 13.0. The fraction of sp³-hybridized carbons (Fsp3) is 0.455. The molecule has 0 aliphatic rings. The van der Waals surface area contributed by atoms with Crippen LogP contribution >= 0.6 is 0 Å². The van der Waals surface area contributed by atoms with Crippen LogP contribution in [-0.2, 0) is 19.1 Å². The predicted molar refractivity (Wildman–Crippen MR) is 56.1 cm³/mol. The van der Waals surface area contributed by atoms with E-state index in [1.807, 2.05) is 0 Å². The number of ether oxygens (including phenoxy) is 2. The monoisotopic (exact) mass is 212 g/mol. The molecule has 0 rings (SSSR count). The van der Waals surface area contributed by atoms with Gasteiger partial charge in [0.05, 0.1) is 0 Å². The van der Waals surface area contributed by atoms with E-state index in [1.165, 1.54) is 12.2 Å². The molecular formula is C11H16O4. The second-order valence-corrected chi connectivity index (χ2v) is 2.88. The molecule has 1 unspecified atom stereocenters. The van der Waals surface area contributed by atoms with Gasteiger partial charge in [0, 0.05) is 12.2 Å². The molecule has 84 valence electrons. The van der Waals surface area contributed by atoms with Crippen molar-refractivity contribution in [1.82, 2.24) is 0 Å². The first-order valence-corrected chi connectivity index (χ1v) is 4.73. The fourth-order valence-corrected chi connectivity index (χ4v) is 0.791. The van der Waals surface area contributed by atoms with Gasteiger partial charge in [0.2, 0.25) is 0 Å². The number of carbonyl (C=O) groups is 2. The molecule has 1 atom stereocenters. The molecule has 0 aromatic rings. The minimum atomic E-state index is -0.442. The van der Waals surface area contributed by atoms with Crippen LogP contribution in [0.25, 0.3) is 0 Å². The van der Waals surface area contributed by atoms with Gasteiger partial charge in [-0.25, -0.2) is 9.59 Å². The third-order valence-corrected chi connectivity index (χ3v) is 1.38. The van der Waals surface area contributed by atoms with Gasteiger partial charge in [0.1, 0.15) is 12.7 Å². The lowest BCUT2D eigenvalue weighted by Gasteiger charge is -2.11. The van der Waals surface area contributed by atoms with Crippen LogP contribution in [0.2, 0.25) is 0 Å². The van der Waals surface area contributed by atoms with Crippen LogP contribution in [0.3, 0.4) is 0 Å². The summed E-state index contributed by atoms with van der Waals surface area (Å²) in [5.41, 5.74) is 0. The largest absolute Gasteiger partial charge is 0.459 e. The topological polar surface area (TPSA) is 52.6 Å². The highest BCUT2D eigenvalue weighted by atomic mass is 16.6. The van der Waals surface area contributed by atoms with Gasteiger partial charge in [-0.3, -0.25) is 0 Å². The van der Waals surface area contributed by atoms with E-state index < -0.39 is 18.0 Å². The molecule has 0 aliphatic heterocycles. The first-order chi connectivity index (χ1) is 7.10. The second-order valence-electron chi connectivity index (χ2n) is 2.88. The van der Waals surface area contributed by atoms with Crippen LogP contribution in [0.5, 0.6) is 0 Å². The number of hydrogen-bond acceptors (Lipinski definition) is 4. The van der Waals surface area contributed by atoms with Gasteiger partial charge in [-0.05, 0) is 20.8 Å².